The minimum atomic E-state index is -4.06. The first kappa shape index (κ1) is 16.0. The molecule has 23 heavy (non-hydrogen) atoms. The Morgan fingerprint density at radius 3 is 1.30 bits per heavy atom. The van der Waals surface area contributed by atoms with Crippen LogP contribution in [0.25, 0.3) is 0 Å². The summed E-state index contributed by atoms with van der Waals surface area (Å²) in [6.07, 6.45) is 3.17. The highest BCUT2D eigenvalue weighted by Gasteiger charge is 2.56. The van der Waals surface area contributed by atoms with E-state index in [0.717, 1.165) is 0 Å². The molecule has 6 heteroatoms. The van der Waals surface area contributed by atoms with Gasteiger partial charge in [-0.2, -0.15) is 0 Å². The van der Waals surface area contributed by atoms with Crippen molar-refractivity contribution >= 4 is 19.7 Å². The van der Waals surface area contributed by atoms with Crippen molar-refractivity contribution in [1.29, 1.82) is 0 Å². The maximum Gasteiger partial charge on any atom is 0.199 e. The zero-order valence-corrected chi connectivity index (χ0v) is 13.9. The maximum absolute atomic E-state index is 13.2. The molecule has 0 unspecified atom stereocenters. The molecule has 1 aliphatic carbocycles. The molecule has 0 atom stereocenters. The zero-order chi connectivity index (χ0) is 16.6. The number of benzene rings is 2. The van der Waals surface area contributed by atoms with Gasteiger partial charge in [-0.1, -0.05) is 48.6 Å². The van der Waals surface area contributed by atoms with Gasteiger partial charge in [0, 0.05) is 12.8 Å². The van der Waals surface area contributed by atoms with E-state index in [4.69, 9.17) is 0 Å². The fourth-order valence-corrected chi connectivity index (χ4v) is 7.71. The van der Waals surface area contributed by atoms with Crippen molar-refractivity contribution in [3.05, 3.63) is 72.8 Å². The van der Waals surface area contributed by atoms with Gasteiger partial charge >= 0.3 is 0 Å². The van der Waals surface area contributed by atoms with Crippen molar-refractivity contribution in [2.75, 3.05) is 0 Å². The second-order valence-electron chi connectivity index (χ2n) is 5.42. The third-order valence-corrected chi connectivity index (χ3v) is 9.84. The number of hydrogen-bond acceptors (Lipinski definition) is 4. The molecule has 1 aliphatic rings. The minimum absolute atomic E-state index is 0.0307. The lowest BCUT2D eigenvalue weighted by molar-refractivity contribution is 0.543. The van der Waals surface area contributed by atoms with E-state index >= 15 is 0 Å². The van der Waals surface area contributed by atoms with Gasteiger partial charge in [-0.25, -0.2) is 16.8 Å². The van der Waals surface area contributed by atoms with Crippen LogP contribution < -0.4 is 0 Å². The first-order valence-corrected chi connectivity index (χ1v) is 10.1. The predicted molar refractivity (Wildman–Crippen MR) is 88.4 cm³/mol. The first-order chi connectivity index (χ1) is 10.9. The van der Waals surface area contributed by atoms with Gasteiger partial charge in [0.25, 0.3) is 0 Å². The van der Waals surface area contributed by atoms with Crippen LogP contribution in [0.4, 0.5) is 0 Å². The lowest BCUT2D eigenvalue weighted by atomic mass is 10.3. The van der Waals surface area contributed by atoms with Crippen molar-refractivity contribution < 1.29 is 16.8 Å². The van der Waals surface area contributed by atoms with Crippen molar-refractivity contribution in [2.45, 2.75) is 26.7 Å². The molecular weight excluding hydrogens is 332 g/mol. The van der Waals surface area contributed by atoms with Crippen molar-refractivity contribution in [1.82, 2.24) is 0 Å². The summed E-state index contributed by atoms with van der Waals surface area (Å²) < 4.78 is 50.8. The van der Waals surface area contributed by atoms with Gasteiger partial charge in [0.2, 0.25) is 0 Å². The molecule has 0 aliphatic heterocycles. The summed E-state index contributed by atoms with van der Waals surface area (Å²) in [7, 11) is -8.11. The molecular formula is C17H16O4S2. The Bertz CT molecular complexity index is 849. The SMILES string of the molecule is O=S(=O)(c1ccccc1)C1(S(=O)(=O)c2ccccc2)CC=CC1. The van der Waals surface area contributed by atoms with E-state index in [1.807, 2.05) is 0 Å². The van der Waals surface area contributed by atoms with Crippen molar-refractivity contribution in [3.8, 4) is 0 Å². The second kappa shape index (κ2) is 5.62. The molecule has 3 rings (SSSR count). The van der Waals surface area contributed by atoms with Crippen LogP contribution in [-0.2, 0) is 19.7 Å². The van der Waals surface area contributed by atoms with Crippen molar-refractivity contribution in [3.63, 3.8) is 0 Å². The Labute approximate surface area is 136 Å². The number of hydrogen-bond donors (Lipinski definition) is 0. The van der Waals surface area contributed by atoms with E-state index < -0.39 is 23.8 Å². The normalized spacial score (nSPS) is 17.2. The quantitative estimate of drug-likeness (QED) is 0.797. The highest BCUT2D eigenvalue weighted by molar-refractivity contribution is 8.10. The monoisotopic (exact) mass is 348 g/mol. The van der Waals surface area contributed by atoms with E-state index in [9.17, 15) is 16.8 Å². The molecule has 0 saturated carbocycles. The lowest BCUT2D eigenvalue weighted by Gasteiger charge is -2.28. The molecule has 0 bridgehead atoms. The molecule has 2 aromatic carbocycles. The molecule has 0 saturated heterocycles. The molecule has 0 fully saturated rings. The Morgan fingerprint density at radius 1 is 0.609 bits per heavy atom. The van der Waals surface area contributed by atoms with Gasteiger partial charge < -0.3 is 0 Å². The average Bonchev–Trinajstić information content (AvgIpc) is 3.09. The van der Waals surface area contributed by atoms with Crippen molar-refractivity contribution in [2.24, 2.45) is 0 Å². The van der Waals surface area contributed by atoms with E-state index in [0.29, 0.717) is 0 Å². The summed E-state index contributed by atoms with van der Waals surface area (Å²) in [6, 6.07) is 15.5. The lowest BCUT2D eigenvalue weighted by Crippen LogP contribution is -2.44. The highest BCUT2D eigenvalue weighted by Crippen LogP contribution is 2.44. The molecule has 120 valence electrons. The Hall–Kier alpha value is -1.92. The smallest absolute Gasteiger partial charge is 0.199 e. The molecule has 0 heterocycles. The standard InChI is InChI=1S/C17H16O4S2/c18-22(19,15-9-3-1-4-10-15)17(13-7-8-14-17)23(20,21)16-11-5-2-6-12-16/h1-12H,13-14H2. The summed E-state index contributed by atoms with van der Waals surface area (Å²) in [4.78, 5) is 0.0615. The van der Waals surface area contributed by atoms with Gasteiger partial charge in [0.1, 0.15) is 0 Å². The zero-order valence-electron chi connectivity index (χ0n) is 12.3. The number of rotatable bonds is 4. The van der Waals surface area contributed by atoms with Crippen LogP contribution in [0.3, 0.4) is 0 Å². The Balaban J connectivity index is 2.23. The third kappa shape index (κ3) is 2.33. The van der Waals surface area contributed by atoms with Crippen LogP contribution in [-0.4, -0.2) is 20.9 Å². The molecule has 0 aromatic heterocycles. The largest absolute Gasteiger partial charge is 0.222 e. The van der Waals surface area contributed by atoms with Crippen LogP contribution in [0.15, 0.2) is 82.6 Å². The molecule has 2 aromatic rings. The second-order valence-corrected chi connectivity index (χ2v) is 10.2. The molecule has 0 spiro atoms. The van der Waals surface area contributed by atoms with E-state index in [1.54, 1.807) is 48.6 Å². The van der Waals surface area contributed by atoms with Gasteiger partial charge in [-0.3, -0.25) is 0 Å². The Kier molecular flexibility index (Phi) is 3.90. The third-order valence-electron chi connectivity index (χ3n) is 4.11. The number of allylic oxidation sites excluding steroid dienone is 2. The Morgan fingerprint density at radius 2 is 0.957 bits per heavy atom. The summed E-state index contributed by atoms with van der Waals surface area (Å²) >= 11 is 0. The fourth-order valence-electron chi connectivity index (χ4n) is 2.82. The summed E-state index contributed by atoms with van der Waals surface area (Å²) in [5.41, 5.74) is 0. The van der Waals surface area contributed by atoms with E-state index in [1.165, 1.54) is 24.3 Å². The summed E-state index contributed by atoms with van der Waals surface area (Å²) in [5, 5.41) is 0. The average molecular weight is 348 g/mol. The summed E-state index contributed by atoms with van der Waals surface area (Å²) in [5.74, 6) is 0. The summed E-state index contributed by atoms with van der Waals surface area (Å²) in [6.45, 7) is 0. The van der Waals surface area contributed by atoms with Gasteiger partial charge in [0.15, 0.2) is 23.8 Å². The predicted octanol–water partition coefficient (Wildman–Crippen LogP) is 2.98. The van der Waals surface area contributed by atoms with Crippen LogP contribution >= 0.6 is 0 Å². The molecule has 0 radical (unpaired) electrons. The van der Waals surface area contributed by atoms with Gasteiger partial charge in [-0.15, -0.1) is 0 Å². The van der Waals surface area contributed by atoms with Gasteiger partial charge in [-0.05, 0) is 24.3 Å². The first-order valence-electron chi connectivity index (χ1n) is 7.16. The van der Waals surface area contributed by atoms with E-state index in [2.05, 4.69) is 0 Å². The topological polar surface area (TPSA) is 68.3 Å². The van der Waals surface area contributed by atoms with E-state index in [-0.39, 0.29) is 22.6 Å². The van der Waals surface area contributed by atoms with Crippen LogP contribution in [0.1, 0.15) is 12.8 Å². The molecule has 0 N–H and O–H groups in total. The van der Waals surface area contributed by atoms with Crippen LogP contribution in [0.5, 0.6) is 0 Å². The van der Waals surface area contributed by atoms with Crippen LogP contribution in [0.2, 0.25) is 0 Å². The molecule has 4 nitrogen and oxygen atoms in total. The van der Waals surface area contributed by atoms with Crippen LogP contribution in [0, 0.1) is 0 Å². The number of sulfone groups is 2. The fraction of sp³-hybridized carbons (Fsp3) is 0.176. The molecule has 0 amide bonds. The highest BCUT2D eigenvalue weighted by atomic mass is 32.3. The van der Waals surface area contributed by atoms with Gasteiger partial charge in [0.05, 0.1) is 9.79 Å². The maximum atomic E-state index is 13.2. The minimum Gasteiger partial charge on any atom is -0.222 e.